The van der Waals surface area contributed by atoms with Gasteiger partial charge in [0.05, 0.1) is 0 Å². The summed E-state index contributed by atoms with van der Waals surface area (Å²) < 4.78 is 2.49. The number of thiophene rings is 1. The molecule has 2 heterocycles. The Labute approximate surface area is 118 Å². The molecule has 4 rings (SSSR count). The predicted molar refractivity (Wildman–Crippen MR) is 82.6 cm³/mol. The minimum atomic E-state index is 0.242. The van der Waals surface area contributed by atoms with E-state index >= 15 is 0 Å². The molecule has 4 nitrogen and oxygen atoms in total. The van der Waals surface area contributed by atoms with Crippen LogP contribution >= 0.6 is 11.3 Å². The molecule has 2 N–H and O–H groups in total. The molecule has 0 aliphatic heterocycles. The second-order valence-corrected chi connectivity index (χ2v) is 5.53. The minimum absolute atomic E-state index is 0.242. The summed E-state index contributed by atoms with van der Waals surface area (Å²) in [6.45, 7) is 0. The molecular weight excluding hydrogens is 268 g/mol. The quantitative estimate of drug-likeness (QED) is 0.579. The fraction of sp³-hybridized carbons (Fsp3) is 0. The van der Waals surface area contributed by atoms with E-state index in [1.54, 1.807) is 11.3 Å². The van der Waals surface area contributed by atoms with Crippen molar-refractivity contribution < 1.29 is 0 Å². The molecule has 0 radical (unpaired) electrons. The van der Waals surface area contributed by atoms with E-state index in [4.69, 9.17) is 5.73 Å². The van der Waals surface area contributed by atoms with Gasteiger partial charge in [-0.1, -0.05) is 30.3 Å². The lowest BCUT2D eigenvalue weighted by Crippen LogP contribution is -1.98. The summed E-state index contributed by atoms with van der Waals surface area (Å²) in [5, 5.41) is 2.40. The van der Waals surface area contributed by atoms with Crippen molar-refractivity contribution in [2.75, 3.05) is 5.73 Å². The Kier molecular flexibility index (Phi) is 2.40. The number of rotatable bonds is 1. The van der Waals surface area contributed by atoms with Gasteiger partial charge in [-0.2, -0.15) is 4.98 Å². The standard InChI is InChI=1S/C15H10N4S/c16-15-18-8-17-14(19-15)10-5-3-7-12-13(10)9-4-1-2-6-11(9)20-12/h1-8H,(H2,16,17,18,19). The molecule has 0 fully saturated rings. The highest BCUT2D eigenvalue weighted by molar-refractivity contribution is 7.25. The first-order valence-electron chi connectivity index (χ1n) is 6.18. The van der Waals surface area contributed by atoms with E-state index in [1.807, 2.05) is 18.2 Å². The van der Waals surface area contributed by atoms with Crippen LogP contribution in [0.1, 0.15) is 0 Å². The lowest BCUT2D eigenvalue weighted by Gasteiger charge is -2.03. The van der Waals surface area contributed by atoms with Gasteiger partial charge in [-0.15, -0.1) is 11.3 Å². The van der Waals surface area contributed by atoms with E-state index in [1.165, 1.54) is 26.5 Å². The van der Waals surface area contributed by atoms with Crippen LogP contribution in [0.3, 0.4) is 0 Å². The van der Waals surface area contributed by atoms with Crippen molar-refractivity contribution in [3.8, 4) is 11.4 Å². The topological polar surface area (TPSA) is 64.7 Å². The van der Waals surface area contributed by atoms with Crippen LogP contribution in [0.4, 0.5) is 5.95 Å². The van der Waals surface area contributed by atoms with E-state index in [0.717, 1.165) is 5.56 Å². The Bertz CT molecular complexity index is 929. The molecule has 0 aliphatic carbocycles. The van der Waals surface area contributed by atoms with Crippen molar-refractivity contribution in [3.63, 3.8) is 0 Å². The van der Waals surface area contributed by atoms with Crippen LogP contribution in [0, 0.1) is 0 Å². The molecule has 2 aromatic carbocycles. The fourth-order valence-electron chi connectivity index (χ4n) is 2.40. The lowest BCUT2D eigenvalue weighted by atomic mass is 10.1. The largest absolute Gasteiger partial charge is 0.368 e. The van der Waals surface area contributed by atoms with Gasteiger partial charge in [0.2, 0.25) is 5.95 Å². The molecule has 2 aromatic heterocycles. The lowest BCUT2D eigenvalue weighted by molar-refractivity contribution is 1.07. The molecule has 5 heteroatoms. The van der Waals surface area contributed by atoms with Crippen molar-refractivity contribution in [2.45, 2.75) is 0 Å². The molecule has 4 aromatic rings. The first kappa shape index (κ1) is 11.3. The molecule has 0 atom stereocenters. The number of hydrogen-bond acceptors (Lipinski definition) is 5. The van der Waals surface area contributed by atoms with Gasteiger partial charge < -0.3 is 5.73 Å². The molecule has 96 valence electrons. The number of nitrogen functional groups attached to an aromatic ring is 1. The second-order valence-electron chi connectivity index (χ2n) is 4.44. The number of anilines is 1. The SMILES string of the molecule is Nc1ncnc(-c2cccc3sc4ccccc4c23)n1. The Morgan fingerprint density at radius 2 is 1.75 bits per heavy atom. The third-order valence-corrected chi connectivity index (χ3v) is 4.37. The molecule has 0 aliphatic rings. The molecular formula is C15H10N4S. The van der Waals surface area contributed by atoms with Gasteiger partial charge in [0.25, 0.3) is 0 Å². The van der Waals surface area contributed by atoms with Gasteiger partial charge in [0.15, 0.2) is 5.82 Å². The van der Waals surface area contributed by atoms with Crippen LogP contribution in [0.2, 0.25) is 0 Å². The van der Waals surface area contributed by atoms with Crippen LogP contribution in [-0.2, 0) is 0 Å². The molecule has 0 saturated carbocycles. The zero-order valence-corrected chi connectivity index (χ0v) is 11.3. The average molecular weight is 278 g/mol. The Morgan fingerprint density at radius 1 is 0.900 bits per heavy atom. The van der Waals surface area contributed by atoms with Crippen LogP contribution in [0.25, 0.3) is 31.6 Å². The van der Waals surface area contributed by atoms with Gasteiger partial charge in [-0.05, 0) is 12.1 Å². The summed E-state index contributed by atoms with van der Waals surface area (Å²) in [4.78, 5) is 12.3. The summed E-state index contributed by atoms with van der Waals surface area (Å²) in [6, 6.07) is 14.5. The van der Waals surface area contributed by atoms with Crippen molar-refractivity contribution in [2.24, 2.45) is 0 Å². The smallest absolute Gasteiger partial charge is 0.223 e. The summed E-state index contributed by atoms with van der Waals surface area (Å²) >= 11 is 1.77. The van der Waals surface area contributed by atoms with Crippen molar-refractivity contribution in [1.82, 2.24) is 15.0 Å². The fourth-order valence-corrected chi connectivity index (χ4v) is 3.53. The summed E-state index contributed by atoms with van der Waals surface area (Å²) in [7, 11) is 0. The van der Waals surface area contributed by atoms with Gasteiger partial charge >= 0.3 is 0 Å². The Hall–Kier alpha value is -2.53. The molecule has 20 heavy (non-hydrogen) atoms. The van der Waals surface area contributed by atoms with E-state index in [-0.39, 0.29) is 5.95 Å². The van der Waals surface area contributed by atoms with Crippen molar-refractivity contribution in [3.05, 3.63) is 48.8 Å². The zero-order valence-electron chi connectivity index (χ0n) is 10.4. The second kappa shape index (κ2) is 4.25. The minimum Gasteiger partial charge on any atom is -0.368 e. The Balaban J connectivity index is 2.14. The van der Waals surface area contributed by atoms with Crippen molar-refractivity contribution >= 4 is 37.5 Å². The number of nitrogens with zero attached hydrogens (tertiary/aromatic N) is 3. The number of aromatic nitrogens is 3. The van der Waals surface area contributed by atoms with Crippen LogP contribution in [0.5, 0.6) is 0 Å². The Morgan fingerprint density at radius 3 is 2.65 bits per heavy atom. The van der Waals surface area contributed by atoms with E-state index in [0.29, 0.717) is 5.82 Å². The zero-order chi connectivity index (χ0) is 13.5. The molecule has 0 bridgehead atoms. The van der Waals surface area contributed by atoms with Gasteiger partial charge in [-0.3, -0.25) is 0 Å². The van der Waals surface area contributed by atoms with E-state index in [2.05, 4.69) is 39.2 Å². The first-order chi connectivity index (χ1) is 9.83. The number of nitrogens with two attached hydrogens (primary N) is 1. The highest BCUT2D eigenvalue weighted by atomic mass is 32.1. The number of fused-ring (bicyclic) bond motifs is 3. The maximum atomic E-state index is 5.67. The number of benzene rings is 2. The van der Waals surface area contributed by atoms with Crippen LogP contribution in [-0.4, -0.2) is 15.0 Å². The average Bonchev–Trinajstić information content (AvgIpc) is 2.85. The normalized spacial score (nSPS) is 11.2. The first-order valence-corrected chi connectivity index (χ1v) is 7.00. The van der Waals surface area contributed by atoms with Gasteiger partial charge in [-0.25, -0.2) is 9.97 Å². The van der Waals surface area contributed by atoms with Crippen LogP contribution < -0.4 is 5.73 Å². The summed E-state index contributed by atoms with van der Waals surface area (Å²) in [5.41, 5.74) is 6.66. The molecule has 0 amide bonds. The predicted octanol–water partition coefficient (Wildman–Crippen LogP) is 3.49. The van der Waals surface area contributed by atoms with Gasteiger partial charge in [0.1, 0.15) is 6.33 Å². The third-order valence-electron chi connectivity index (χ3n) is 3.23. The monoisotopic (exact) mass is 278 g/mol. The summed E-state index contributed by atoms with van der Waals surface area (Å²) in [6.07, 6.45) is 1.45. The third kappa shape index (κ3) is 1.64. The highest BCUT2D eigenvalue weighted by Crippen LogP contribution is 2.38. The number of hydrogen-bond donors (Lipinski definition) is 1. The van der Waals surface area contributed by atoms with E-state index in [9.17, 15) is 0 Å². The van der Waals surface area contributed by atoms with Crippen LogP contribution in [0.15, 0.2) is 48.8 Å². The molecule has 0 saturated heterocycles. The van der Waals surface area contributed by atoms with Gasteiger partial charge in [0, 0.05) is 25.7 Å². The van der Waals surface area contributed by atoms with E-state index < -0.39 is 0 Å². The highest BCUT2D eigenvalue weighted by Gasteiger charge is 2.12. The maximum absolute atomic E-state index is 5.67. The summed E-state index contributed by atoms with van der Waals surface area (Å²) in [5.74, 6) is 0.859. The van der Waals surface area contributed by atoms with Crippen molar-refractivity contribution in [1.29, 1.82) is 0 Å². The molecule has 0 spiro atoms. The maximum Gasteiger partial charge on any atom is 0.223 e. The molecule has 0 unspecified atom stereocenters.